The zero-order valence-electron chi connectivity index (χ0n) is 17.3. The molecule has 0 radical (unpaired) electrons. The predicted octanol–water partition coefficient (Wildman–Crippen LogP) is 5.28. The van der Waals surface area contributed by atoms with E-state index in [0.717, 1.165) is 44.3 Å². The first-order chi connectivity index (χ1) is 13.1. The van der Waals surface area contributed by atoms with Gasteiger partial charge in [0.15, 0.2) is 0 Å². The molecule has 0 bridgehead atoms. The van der Waals surface area contributed by atoms with Crippen molar-refractivity contribution in [3.63, 3.8) is 0 Å². The highest BCUT2D eigenvalue weighted by atomic mass is 16.3. The average Bonchev–Trinajstić information content (AvgIpc) is 2.68. The van der Waals surface area contributed by atoms with Gasteiger partial charge in [0.1, 0.15) is 0 Å². The molecular formula is C25H43NO2. The van der Waals surface area contributed by atoms with Crippen LogP contribution < -0.4 is 0 Å². The summed E-state index contributed by atoms with van der Waals surface area (Å²) < 4.78 is 0. The van der Waals surface area contributed by atoms with E-state index in [-0.39, 0.29) is 14.0 Å². The number of nitrogens with zero attached hydrogens (tertiary/aromatic N) is 1. The molecule has 0 amide bonds. The van der Waals surface area contributed by atoms with Crippen molar-refractivity contribution in [1.29, 1.82) is 0 Å². The second-order valence-electron chi connectivity index (χ2n) is 8.37. The van der Waals surface area contributed by atoms with E-state index in [4.69, 9.17) is 10.2 Å². The molecule has 0 aromatic heterocycles. The highest BCUT2D eigenvalue weighted by Gasteiger charge is 2.20. The van der Waals surface area contributed by atoms with Crippen LogP contribution in [0, 0.1) is 17.8 Å². The molecule has 0 spiro atoms. The molecule has 1 heterocycles. The second kappa shape index (κ2) is 13.9. The number of aliphatic hydroxyl groups excluding tert-OH is 2. The lowest BCUT2D eigenvalue weighted by molar-refractivity contribution is 0.186. The molecule has 1 saturated carbocycles. The van der Waals surface area contributed by atoms with Gasteiger partial charge >= 0.3 is 0 Å². The van der Waals surface area contributed by atoms with Crippen molar-refractivity contribution in [3.8, 4) is 0 Å². The number of rotatable bonds is 5. The third-order valence-electron chi connectivity index (χ3n) is 6.27. The van der Waals surface area contributed by atoms with Crippen molar-refractivity contribution in [2.24, 2.45) is 17.8 Å². The van der Waals surface area contributed by atoms with E-state index >= 15 is 0 Å². The maximum absolute atomic E-state index is 8.95. The Morgan fingerprint density at radius 3 is 2.39 bits per heavy atom. The minimum Gasteiger partial charge on any atom is -0.396 e. The maximum Gasteiger partial charge on any atom is 0.0615 e. The Labute approximate surface area is 173 Å². The minimum absolute atomic E-state index is 0. The van der Waals surface area contributed by atoms with E-state index in [1.807, 2.05) is 6.08 Å². The van der Waals surface area contributed by atoms with Crippen LogP contribution in [0.15, 0.2) is 42.0 Å². The normalized spacial score (nSPS) is 26.9. The molecule has 160 valence electrons. The number of aliphatic hydroxyl groups is 2. The number of hydrogen-bond donors (Lipinski definition) is 2. The van der Waals surface area contributed by atoms with Gasteiger partial charge in [-0.25, -0.2) is 0 Å². The lowest BCUT2D eigenvalue weighted by Crippen LogP contribution is -2.35. The summed E-state index contributed by atoms with van der Waals surface area (Å²) in [4.78, 5) is 2.49. The summed E-state index contributed by atoms with van der Waals surface area (Å²) in [6.45, 7) is 8.37. The van der Waals surface area contributed by atoms with Gasteiger partial charge in [-0.2, -0.15) is 0 Å². The summed E-state index contributed by atoms with van der Waals surface area (Å²) in [6, 6.07) is 10.6. The van der Waals surface area contributed by atoms with Crippen molar-refractivity contribution < 1.29 is 10.2 Å². The maximum atomic E-state index is 8.95. The summed E-state index contributed by atoms with van der Waals surface area (Å²) in [5.41, 5.74) is 2.80. The van der Waals surface area contributed by atoms with Crippen molar-refractivity contribution >= 4 is 0 Å². The van der Waals surface area contributed by atoms with Crippen molar-refractivity contribution in [1.82, 2.24) is 4.90 Å². The third kappa shape index (κ3) is 8.46. The zero-order valence-corrected chi connectivity index (χ0v) is 17.3. The molecule has 1 aromatic carbocycles. The standard InChI is InChI=1S/C15H21NO.C9H18O.CH4/c1-13-11-16(9-7-15(13)8-10-17)12-14-5-3-2-4-6-14;1-8-4-2-3-5-9(8)6-7-10;/h2-6,8,13,17H,7,9-12H2,1H3;8-10H,2-7H2,1H3;1H4/b15-8-;;. The van der Waals surface area contributed by atoms with E-state index in [0.29, 0.717) is 12.5 Å². The molecule has 1 saturated heterocycles. The SMILES string of the molecule is C.CC1CCCCC1CCO.CC1CN(Cc2ccccc2)CC/C1=C/CO. The Bertz CT molecular complexity index is 541. The third-order valence-corrected chi connectivity index (χ3v) is 6.27. The van der Waals surface area contributed by atoms with E-state index in [9.17, 15) is 0 Å². The van der Waals surface area contributed by atoms with Gasteiger partial charge in [-0.1, -0.05) is 88.9 Å². The van der Waals surface area contributed by atoms with Gasteiger partial charge in [-0.15, -0.1) is 0 Å². The monoisotopic (exact) mass is 389 g/mol. The molecule has 1 aliphatic carbocycles. The minimum atomic E-state index is 0. The van der Waals surface area contributed by atoms with Crippen LogP contribution in [0.4, 0.5) is 0 Å². The highest BCUT2D eigenvalue weighted by molar-refractivity contribution is 5.16. The molecule has 1 aromatic rings. The van der Waals surface area contributed by atoms with Crippen LogP contribution >= 0.6 is 0 Å². The number of hydrogen-bond acceptors (Lipinski definition) is 3. The van der Waals surface area contributed by atoms with Crippen molar-refractivity contribution in [3.05, 3.63) is 47.5 Å². The summed E-state index contributed by atoms with van der Waals surface area (Å²) in [5, 5.41) is 17.7. The first-order valence-electron chi connectivity index (χ1n) is 10.8. The van der Waals surface area contributed by atoms with Gasteiger partial charge in [-0.05, 0) is 36.2 Å². The van der Waals surface area contributed by atoms with Crippen LogP contribution in [0.1, 0.15) is 65.4 Å². The molecule has 28 heavy (non-hydrogen) atoms. The molecule has 2 N–H and O–H groups in total. The molecule has 3 unspecified atom stereocenters. The predicted molar refractivity (Wildman–Crippen MR) is 120 cm³/mol. The molecule has 3 nitrogen and oxygen atoms in total. The Balaban J connectivity index is 0.000000307. The van der Waals surface area contributed by atoms with Gasteiger partial charge < -0.3 is 10.2 Å². The van der Waals surface area contributed by atoms with Crippen molar-refractivity contribution in [2.45, 2.75) is 66.3 Å². The molecule has 1 aliphatic heterocycles. The molecule has 3 atom stereocenters. The highest BCUT2D eigenvalue weighted by Crippen LogP contribution is 2.31. The van der Waals surface area contributed by atoms with Gasteiger partial charge in [0, 0.05) is 26.2 Å². The lowest BCUT2D eigenvalue weighted by Gasteiger charge is -2.33. The van der Waals surface area contributed by atoms with Crippen LogP contribution in [0.2, 0.25) is 0 Å². The Morgan fingerprint density at radius 1 is 1.07 bits per heavy atom. The summed E-state index contributed by atoms with van der Waals surface area (Å²) in [6.07, 6.45) is 9.62. The van der Waals surface area contributed by atoms with Gasteiger partial charge in [-0.3, -0.25) is 4.90 Å². The van der Waals surface area contributed by atoms with E-state index in [1.165, 1.54) is 36.8 Å². The fraction of sp³-hybridized carbons (Fsp3) is 0.680. The van der Waals surface area contributed by atoms with Crippen LogP contribution in [0.3, 0.4) is 0 Å². The summed E-state index contributed by atoms with van der Waals surface area (Å²) in [5.74, 6) is 2.25. The fourth-order valence-electron chi connectivity index (χ4n) is 4.52. The molecule has 2 fully saturated rings. The van der Waals surface area contributed by atoms with Gasteiger partial charge in [0.05, 0.1) is 6.61 Å². The zero-order chi connectivity index (χ0) is 19.5. The van der Waals surface area contributed by atoms with E-state index in [2.05, 4.69) is 49.1 Å². The quantitative estimate of drug-likeness (QED) is 0.674. The topological polar surface area (TPSA) is 43.7 Å². The Kier molecular flexibility index (Phi) is 12.4. The summed E-state index contributed by atoms with van der Waals surface area (Å²) in [7, 11) is 0. The first-order valence-corrected chi connectivity index (χ1v) is 10.8. The fourth-order valence-corrected chi connectivity index (χ4v) is 4.52. The van der Waals surface area contributed by atoms with E-state index < -0.39 is 0 Å². The Morgan fingerprint density at radius 2 is 1.79 bits per heavy atom. The van der Waals surface area contributed by atoms with Crippen LogP contribution in [0.5, 0.6) is 0 Å². The summed E-state index contributed by atoms with van der Waals surface area (Å²) >= 11 is 0. The molecule has 2 aliphatic rings. The van der Waals surface area contributed by atoms with Crippen LogP contribution in [-0.4, -0.2) is 41.4 Å². The lowest BCUT2D eigenvalue weighted by atomic mass is 9.79. The smallest absolute Gasteiger partial charge is 0.0615 e. The molecule has 3 heteroatoms. The largest absolute Gasteiger partial charge is 0.396 e. The number of benzene rings is 1. The number of likely N-dealkylation sites (tertiary alicyclic amines) is 1. The molecule has 3 rings (SSSR count). The molecular weight excluding hydrogens is 346 g/mol. The van der Waals surface area contributed by atoms with E-state index in [1.54, 1.807) is 0 Å². The second-order valence-corrected chi connectivity index (χ2v) is 8.37. The van der Waals surface area contributed by atoms with Crippen LogP contribution in [0.25, 0.3) is 0 Å². The van der Waals surface area contributed by atoms with Crippen molar-refractivity contribution in [2.75, 3.05) is 26.3 Å². The van der Waals surface area contributed by atoms with Gasteiger partial charge in [0.25, 0.3) is 0 Å². The average molecular weight is 390 g/mol. The Hall–Kier alpha value is -1.16. The van der Waals surface area contributed by atoms with Crippen LogP contribution in [-0.2, 0) is 6.54 Å². The van der Waals surface area contributed by atoms with Gasteiger partial charge in [0.2, 0.25) is 0 Å². The first kappa shape index (κ1) is 24.9. The number of piperidine rings is 1.